The third-order valence-electron chi connectivity index (χ3n) is 5.35. The van der Waals surface area contributed by atoms with Crippen LogP contribution in [0.4, 0.5) is 11.6 Å². The van der Waals surface area contributed by atoms with Crippen molar-refractivity contribution in [2.75, 3.05) is 36.0 Å². The first-order valence-electron chi connectivity index (χ1n) is 9.20. The second kappa shape index (κ2) is 7.00. The van der Waals surface area contributed by atoms with Gasteiger partial charge in [0.2, 0.25) is 0 Å². The lowest BCUT2D eigenvalue weighted by Crippen LogP contribution is -2.38. The highest BCUT2D eigenvalue weighted by atomic mass is 16.3. The second-order valence-corrected chi connectivity index (χ2v) is 7.15. The van der Waals surface area contributed by atoms with E-state index in [0.29, 0.717) is 6.04 Å². The van der Waals surface area contributed by atoms with Gasteiger partial charge in [0.25, 0.3) is 0 Å². The molecule has 2 aromatic heterocycles. The number of rotatable bonds is 4. The Morgan fingerprint density at radius 1 is 1.16 bits per heavy atom. The van der Waals surface area contributed by atoms with Crippen molar-refractivity contribution in [1.29, 1.82) is 0 Å². The maximum Gasteiger partial charge on any atom is 0.134 e. The van der Waals surface area contributed by atoms with Gasteiger partial charge in [-0.05, 0) is 38.2 Å². The lowest BCUT2D eigenvalue weighted by Gasteiger charge is -2.34. The molecule has 7 heteroatoms. The van der Waals surface area contributed by atoms with Gasteiger partial charge in [-0.15, -0.1) is 0 Å². The molecule has 2 aliphatic heterocycles. The number of nitrogens with zero attached hydrogens (tertiary/aromatic N) is 6. The molecule has 2 aliphatic rings. The number of aliphatic hydroxyl groups excluding tert-OH is 1. The highest BCUT2D eigenvalue weighted by molar-refractivity contribution is 5.51. The van der Waals surface area contributed by atoms with Crippen LogP contribution in [0.3, 0.4) is 0 Å². The number of aliphatic hydroxyl groups is 1. The zero-order valence-electron chi connectivity index (χ0n) is 14.8. The van der Waals surface area contributed by atoms with Gasteiger partial charge in [0.05, 0.1) is 24.9 Å². The summed E-state index contributed by atoms with van der Waals surface area (Å²) in [4.78, 5) is 13.5. The summed E-state index contributed by atoms with van der Waals surface area (Å²) in [6, 6.07) is 2.65. The molecule has 4 heterocycles. The summed E-state index contributed by atoms with van der Waals surface area (Å²) in [5.41, 5.74) is 1.20. The number of hydrogen-bond donors (Lipinski definition) is 1. The maximum absolute atomic E-state index is 9.57. The molecule has 0 aromatic carbocycles. The number of hydrogen-bond acceptors (Lipinski definition) is 6. The SMILES string of the molecule is Cc1cnn([C@@H]2CCCN(c3cc(N4CCC[C@@H]4CO)ncn3)C2)c1. The van der Waals surface area contributed by atoms with Gasteiger partial charge in [0.15, 0.2) is 0 Å². The summed E-state index contributed by atoms with van der Waals surface area (Å²) >= 11 is 0. The van der Waals surface area contributed by atoms with Gasteiger partial charge in [-0.25, -0.2) is 9.97 Å². The van der Waals surface area contributed by atoms with E-state index in [2.05, 4.69) is 48.7 Å². The molecule has 4 rings (SSSR count). The first-order chi connectivity index (χ1) is 12.2. The molecule has 2 atom stereocenters. The zero-order valence-corrected chi connectivity index (χ0v) is 14.8. The number of aryl methyl sites for hydroxylation is 1. The highest BCUT2D eigenvalue weighted by Gasteiger charge is 2.27. The van der Waals surface area contributed by atoms with Crippen molar-refractivity contribution in [1.82, 2.24) is 19.7 Å². The van der Waals surface area contributed by atoms with Gasteiger partial charge < -0.3 is 14.9 Å². The number of aromatic nitrogens is 4. The largest absolute Gasteiger partial charge is 0.394 e. The first kappa shape index (κ1) is 16.3. The van der Waals surface area contributed by atoms with Gasteiger partial charge in [-0.1, -0.05) is 0 Å². The fourth-order valence-electron chi connectivity index (χ4n) is 4.01. The minimum absolute atomic E-state index is 0.184. The van der Waals surface area contributed by atoms with Crippen LogP contribution >= 0.6 is 0 Å². The Morgan fingerprint density at radius 2 is 2.00 bits per heavy atom. The molecule has 1 N–H and O–H groups in total. The average Bonchev–Trinajstić information content (AvgIpc) is 3.30. The zero-order chi connectivity index (χ0) is 17.2. The molecule has 0 bridgehead atoms. The van der Waals surface area contributed by atoms with Crippen molar-refractivity contribution in [3.63, 3.8) is 0 Å². The summed E-state index contributed by atoms with van der Waals surface area (Å²) in [6.07, 6.45) is 10.1. The predicted molar refractivity (Wildman–Crippen MR) is 96.9 cm³/mol. The van der Waals surface area contributed by atoms with E-state index >= 15 is 0 Å². The summed E-state index contributed by atoms with van der Waals surface area (Å²) in [7, 11) is 0. The predicted octanol–water partition coefficient (Wildman–Crippen LogP) is 1.78. The Kier molecular flexibility index (Phi) is 4.57. The van der Waals surface area contributed by atoms with E-state index < -0.39 is 0 Å². The van der Waals surface area contributed by atoms with Gasteiger partial charge in [0, 0.05) is 31.9 Å². The minimum Gasteiger partial charge on any atom is -0.394 e. The van der Waals surface area contributed by atoms with Crippen LogP contribution in [0.2, 0.25) is 0 Å². The summed E-state index contributed by atoms with van der Waals surface area (Å²) < 4.78 is 2.09. The van der Waals surface area contributed by atoms with E-state index in [4.69, 9.17) is 0 Å². The molecule has 0 radical (unpaired) electrons. The monoisotopic (exact) mass is 342 g/mol. The van der Waals surface area contributed by atoms with Crippen LogP contribution in [0.1, 0.15) is 37.3 Å². The summed E-state index contributed by atoms with van der Waals surface area (Å²) in [6.45, 7) is 5.15. The molecule has 2 fully saturated rings. The van der Waals surface area contributed by atoms with E-state index in [9.17, 15) is 5.11 Å². The molecule has 2 saturated heterocycles. The molecule has 2 aromatic rings. The smallest absolute Gasteiger partial charge is 0.134 e. The summed E-state index contributed by atoms with van der Waals surface area (Å²) in [5, 5.41) is 14.1. The fraction of sp³-hybridized carbons (Fsp3) is 0.611. The van der Waals surface area contributed by atoms with Crippen molar-refractivity contribution in [2.24, 2.45) is 0 Å². The van der Waals surface area contributed by atoms with Gasteiger partial charge in [0.1, 0.15) is 18.0 Å². The Morgan fingerprint density at radius 3 is 2.80 bits per heavy atom. The Balaban J connectivity index is 1.52. The van der Waals surface area contributed by atoms with Crippen LogP contribution in [0, 0.1) is 6.92 Å². The van der Waals surface area contributed by atoms with E-state index in [1.807, 2.05) is 6.20 Å². The quantitative estimate of drug-likeness (QED) is 0.913. The van der Waals surface area contributed by atoms with Crippen molar-refractivity contribution >= 4 is 11.6 Å². The molecule has 0 unspecified atom stereocenters. The van der Waals surface area contributed by atoms with Crippen molar-refractivity contribution in [2.45, 2.75) is 44.7 Å². The Labute approximate surface area is 148 Å². The van der Waals surface area contributed by atoms with Gasteiger partial charge in [-0.2, -0.15) is 5.10 Å². The molecule has 7 nitrogen and oxygen atoms in total. The summed E-state index contributed by atoms with van der Waals surface area (Å²) in [5.74, 6) is 1.90. The minimum atomic E-state index is 0.184. The van der Waals surface area contributed by atoms with Gasteiger partial charge >= 0.3 is 0 Å². The van der Waals surface area contributed by atoms with Crippen molar-refractivity contribution < 1.29 is 5.11 Å². The molecule has 134 valence electrons. The molecule has 0 spiro atoms. The first-order valence-corrected chi connectivity index (χ1v) is 9.20. The lowest BCUT2D eigenvalue weighted by molar-refractivity contribution is 0.266. The third-order valence-corrected chi connectivity index (χ3v) is 5.35. The van der Waals surface area contributed by atoms with Crippen LogP contribution in [0.5, 0.6) is 0 Å². The van der Waals surface area contributed by atoms with E-state index in [1.54, 1.807) is 6.33 Å². The van der Waals surface area contributed by atoms with Crippen LogP contribution < -0.4 is 9.80 Å². The standard InChI is InChI=1S/C18H26N6O/c1-14-9-21-24(10-14)15-4-2-6-22(11-15)17-8-18(20-13-19-17)23-7-3-5-16(23)12-25/h8-10,13,15-16,25H,2-7,11-12H2,1H3/t15-,16-/m1/s1. The number of anilines is 2. The van der Waals surface area contributed by atoms with Gasteiger partial charge in [-0.3, -0.25) is 4.68 Å². The van der Waals surface area contributed by atoms with Crippen molar-refractivity contribution in [3.8, 4) is 0 Å². The molecule has 0 amide bonds. The highest BCUT2D eigenvalue weighted by Crippen LogP contribution is 2.29. The topological polar surface area (TPSA) is 70.3 Å². The van der Waals surface area contributed by atoms with Crippen molar-refractivity contribution in [3.05, 3.63) is 30.4 Å². The molecule has 0 aliphatic carbocycles. The van der Waals surface area contributed by atoms with Crippen LogP contribution in [0.25, 0.3) is 0 Å². The Bertz CT molecular complexity index is 717. The number of piperidine rings is 1. The molecular formula is C18H26N6O. The molecule has 0 saturated carbocycles. The lowest BCUT2D eigenvalue weighted by atomic mass is 10.1. The Hall–Kier alpha value is -2.15. The molecular weight excluding hydrogens is 316 g/mol. The van der Waals surface area contributed by atoms with Crippen LogP contribution in [-0.2, 0) is 0 Å². The third kappa shape index (κ3) is 3.33. The fourth-order valence-corrected chi connectivity index (χ4v) is 4.01. The normalized spacial score (nSPS) is 24.1. The van der Waals surface area contributed by atoms with E-state index in [1.165, 1.54) is 5.56 Å². The van der Waals surface area contributed by atoms with E-state index in [0.717, 1.165) is 57.0 Å². The van der Waals surface area contributed by atoms with Crippen LogP contribution in [-0.4, -0.2) is 57.1 Å². The van der Waals surface area contributed by atoms with E-state index in [-0.39, 0.29) is 12.6 Å². The van der Waals surface area contributed by atoms with Crippen LogP contribution in [0.15, 0.2) is 24.8 Å². The maximum atomic E-state index is 9.57. The molecule has 25 heavy (non-hydrogen) atoms. The average molecular weight is 342 g/mol. The second-order valence-electron chi connectivity index (χ2n) is 7.15.